The highest BCUT2D eigenvalue weighted by molar-refractivity contribution is 7.89. The van der Waals surface area contributed by atoms with Crippen molar-refractivity contribution in [3.8, 4) is 0 Å². The Morgan fingerprint density at radius 1 is 1.35 bits per heavy atom. The third kappa shape index (κ3) is 4.34. The first-order chi connectivity index (χ1) is 9.13. The average molecular weight is 341 g/mol. The molecule has 0 saturated heterocycles. The van der Waals surface area contributed by atoms with Crippen LogP contribution in [-0.2, 0) is 19.6 Å². The summed E-state index contributed by atoms with van der Waals surface area (Å²) in [7, 11) is -4.26. The smallest absolute Gasteiger partial charge is 0.322 e. The highest BCUT2D eigenvalue weighted by Gasteiger charge is 2.28. The Morgan fingerprint density at radius 3 is 2.45 bits per heavy atom. The fourth-order valence-corrected chi connectivity index (χ4v) is 3.27. The fourth-order valence-electron chi connectivity index (χ4n) is 1.31. The van der Waals surface area contributed by atoms with Gasteiger partial charge in [-0.05, 0) is 18.2 Å². The molecule has 1 aromatic rings. The summed E-state index contributed by atoms with van der Waals surface area (Å²) in [5, 5.41) is 8.84. The summed E-state index contributed by atoms with van der Waals surface area (Å²) in [6.45, 7) is 0. The first-order valence-corrected chi connectivity index (χ1v) is 7.36. The van der Waals surface area contributed by atoms with Gasteiger partial charge < -0.3 is 10.8 Å². The molecule has 1 atom stereocenters. The zero-order valence-electron chi connectivity index (χ0n) is 9.84. The maximum absolute atomic E-state index is 12.0. The van der Waals surface area contributed by atoms with Crippen LogP contribution in [0, 0.1) is 0 Å². The van der Waals surface area contributed by atoms with Crippen LogP contribution in [0.2, 0.25) is 10.0 Å². The molecule has 0 aliphatic rings. The summed E-state index contributed by atoms with van der Waals surface area (Å²) in [5.74, 6) is -2.50. The molecule has 4 N–H and O–H groups in total. The number of nitrogens with one attached hydrogen (secondary N) is 1. The minimum absolute atomic E-state index is 0.108. The lowest BCUT2D eigenvalue weighted by Gasteiger charge is -2.14. The number of carbonyl (C=O) groups excluding carboxylic acids is 1. The van der Waals surface area contributed by atoms with E-state index in [-0.39, 0.29) is 14.9 Å². The molecule has 0 bridgehead atoms. The second-order valence-corrected chi connectivity index (χ2v) is 6.28. The first-order valence-electron chi connectivity index (χ1n) is 5.12. The number of nitrogens with two attached hydrogens (primary N) is 1. The third-order valence-electron chi connectivity index (χ3n) is 2.18. The summed E-state index contributed by atoms with van der Waals surface area (Å²) < 4.78 is 25.9. The Labute approximate surface area is 124 Å². The fraction of sp³-hybridized carbons (Fsp3) is 0.200. The first kappa shape index (κ1) is 16.7. The van der Waals surface area contributed by atoms with Crippen LogP contribution >= 0.6 is 23.2 Å². The van der Waals surface area contributed by atoms with Gasteiger partial charge in [0.2, 0.25) is 15.9 Å². The van der Waals surface area contributed by atoms with E-state index < -0.39 is 34.4 Å². The van der Waals surface area contributed by atoms with Crippen molar-refractivity contribution in [1.82, 2.24) is 4.72 Å². The number of primary amides is 1. The number of sulfonamides is 1. The van der Waals surface area contributed by atoms with Crippen molar-refractivity contribution in [2.75, 3.05) is 0 Å². The van der Waals surface area contributed by atoms with Gasteiger partial charge in [-0.25, -0.2) is 8.42 Å². The molecule has 1 amide bonds. The molecule has 0 spiro atoms. The van der Waals surface area contributed by atoms with Gasteiger partial charge in [0.25, 0.3) is 0 Å². The van der Waals surface area contributed by atoms with E-state index in [4.69, 9.17) is 34.0 Å². The molecular weight excluding hydrogens is 331 g/mol. The molecule has 10 heteroatoms. The minimum Gasteiger partial charge on any atom is -0.480 e. The van der Waals surface area contributed by atoms with E-state index in [0.29, 0.717) is 0 Å². The maximum Gasteiger partial charge on any atom is 0.322 e. The van der Waals surface area contributed by atoms with E-state index in [1.807, 2.05) is 4.72 Å². The Kier molecular flexibility index (Phi) is 5.35. The molecule has 0 unspecified atom stereocenters. The van der Waals surface area contributed by atoms with Gasteiger partial charge in [0.1, 0.15) is 10.9 Å². The number of aliphatic carboxylic acids is 1. The summed E-state index contributed by atoms with van der Waals surface area (Å²) >= 11 is 11.4. The van der Waals surface area contributed by atoms with Crippen molar-refractivity contribution in [2.45, 2.75) is 17.4 Å². The van der Waals surface area contributed by atoms with Crippen LogP contribution in [-0.4, -0.2) is 31.4 Å². The monoisotopic (exact) mass is 340 g/mol. The van der Waals surface area contributed by atoms with Crippen LogP contribution in [0.3, 0.4) is 0 Å². The average Bonchev–Trinajstić information content (AvgIpc) is 2.30. The largest absolute Gasteiger partial charge is 0.480 e. The topological polar surface area (TPSA) is 127 Å². The molecule has 7 nitrogen and oxygen atoms in total. The minimum atomic E-state index is -4.26. The van der Waals surface area contributed by atoms with E-state index in [1.54, 1.807) is 0 Å². The number of benzene rings is 1. The zero-order valence-corrected chi connectivity index (χ0v) is 12.2. The number of carboxylic acids is 1. The van der Waals surface area contributed by atoms with Crippen LogP contribution in [0.5, 0.6) is 0 Å². The lowest BCUT2D eigenvalue weighted by Crippen LogP contribution is -2.43. The van der Waals surface area contributed by atoms with Crippen molar-refractivity contribution < 1.29 is 23.1 Å². The number of halogens is 2. The second kappa shape index (κ2) is 6.40. The number of rotatable bonds is 6. The van der Waals surface area contributed by atoms with E-state index in [0.717, 1.165) is 6.07 Å². The third-order valence-corrected chi connectivity index (χ3v) is 4.37. The molecule has 1 aromatic carbocycles. The Hall–Kier alpha value is -1.35. The molecule has 110 valence electrons. The summed E-state index contributed by atoms with van der Waals surface area (Å²) in [6.07, 6.45) is -0.688. The standard InChI is InChI=1S/C10H10Cl2N2O5S/c11-5-1-2-6(12)8(3-5)20(18,19)14-7(10(16)17)4-9(13)15/h1-3,7,14H,4H2,(H2,13,15)(H,16,17)/t7-/m1/s1. The molecule has 0 saturated carbocycles. The SMILES string of the molecule is NC(=O)C[C@@H](NS(=O)(=O)c1cc(Cl)ccc1Cl)C(=O)O. The highest BCUT2D eigenvalue weighted by atomic mass is 35.5. The summed E-state index contributed by atoms with van der Waals surface area (Å²) in [4.78, 5) is 21.2. The predicted molar refractivity (Wildman–Crippen MR) is 72.0 cm³/mol. The number of hydrogen-bond acceptors (Lipinski definition) is 4. The van der Waals surface area contributed by atoms with Gasteiger partial charge in [0.15, 0.2) is 0 Å². The normalized spacial score (nSPS) is 12.9. The van der Waals surface area contributed by atoms with Crippen LogP contribution in [0.25, 0.3) is 0 Å². The Balaban J connectivity index is 3.12. The molecular formula is C10H10Cl2N2O5S. The quantitative estimate of drug-likeness (QED) is 0.698. The number of hydrogen-bond donors (Lipinski definition) is 3. The van der Waals surface area contributed by atoms with Gasteiger partial charge in [-0.2, -0.15) is 4.72 Å². The lowest BCUT2D eigenvalue weighted by atomic mass is 10.2. The van der Waals surface area contributed by atoms with Crippen LogP contribution < -0.4 is 10.5 Å². The highest BCUT2D eigenvalue weighted by Crippen LogP contribution is 2.25. The van der Waals surface area contributed by atoms with Gasteiger partial charge in [0.05, 0.1) is 11.4 Å². The molecule has 0 aromatic heterocycles. The predicted octanol–water partition coefficient (Wildman–Crippen LogP) is 0.600. The van der Waals surface area contributed by atoms with E-state index >= 15 is 0 Å². The van der Waals surface area contributed by atoms with Gasteiger partial charge in [-0.15, -0.1) is 0 Å². The number of carbonyl (C=O) groups is 2. The summed E-state index contributed by atoms with van der Waals surface area (Å²) in [5.41, 5.74) is 4.86. The van der Waals surface area contributed by atoms with Gasteiger partial charge >= 0.3 is 5.97 Å². The number of carboxylic acid groups (broad SMARTS) is 1. The van der Waals surface area contributed by atoms with E-state index in [2.05, 4.69) is 0 Å². The molecule has 0 heterocycles. The van der Waals surface area contributed by atoms with Crippen molar-refractivity contribution >= 4 is 45.1 Å². The van der Waals surface area contributed by atoms with Crippen LogP contribution in [0.15, 0.2) is 23.1 Å². The van der Waals surface area contributed by atoms with Crippen molar-refractivity contribution in [3.05, 3.63) is 28.2 Å². The molecule has 0 radical (unpaired) electrons. The lowest BCUT2D eigenvalue weighted by molar-refractivity contribution is -0.140. The van der Waals surface area contributed by atoms with E-state index in [1.165, 1.54) is 12.1 Å². The second-order valence-electron chi connectivity index (χ2n) is 3.76. The van der Waals surface area contributed by atoms with Crippen molar-refractivity contribution in [1.29, 1.82) is 0 Å². The Bertz CT molecular complexity index is 647. The zero-order chi connectivity index (χ0) is 15.5. The van der Waals surface area contributed by atoms with Gasteiger partial charge in [-0.1, -0.05) is 23.2 Å². The molecule has 20 heavy (non-hydrogen) atoms. The van der Waals surface area contributed by atoms with Crippen molar-refractivity contribution in [3.63, 3.8) is 0 Å². The molecule has 0 fully saturated rings. The summed E-state index contributed by atoms with van der Waals surface area (Å²) in [6, 6.07) is 2.01. The Morgan fingerprint density at radius 2 is 1.95 bits per heavy atom. The molecule has 0 aliphatic heterocycles. The van der Waals surface area contributed by atoms with Crippen molar-refractivity contribution in [2.24, 2.45) is 5.73 Å². The van der Waals surface area contributed by atoms with Gasteiger partial charge in [0, 0.05) is 5.02 Å². The number of amides is 1. The van der Waals surface area contributed by atoms with Crippen LogP contribution in [0.4, 0.5) is 0 Å². The molecule has 1 rings (SSSR count). The van der Waals surface area contributed by atoms with Gasteiger partial charge in [-0.3, -0.25) is 9.59 Å². The van der Waals surface area contributed by atoms with E-state index in [9.17, 15) is 18.0 Å². The van der Waals surface area contributed by atoms with Crippen LogP contribution in [0.1, 0.15) is 6.42 Å². The molecule has 0 aliphatic carbocycles. The maximum atomic E-state index is 12.0.